The van der Waals surface area contributed by atoms with Crippen LogP contribution in [-0.4, -0.2) is 11.9 Å². The molecule has 0 heterocycles. The molecule has 1 fully saturated rings. The van der Waals surface area contributed by atoms with Crippen LogP contribution in [0.4, 0.5) is 0 Å². The molecule has 0 atom stereocenters. The molecule has 3 rings (SSSR count). The first-order chi connectivity index (χ1) is 13.5. The topological polar surface area (TPSA) is 62.1 Å². The SMILES string of the molecule is N#C/C(=C/c1cc(Br)ccc1OCc1ccc(Br)cc1)C(=O)NC1CCCC1. The molecule has 0 bridgehead atoms. The van der Waals surface area contributed by atoms with Gasteiger partial charge in [-0.15, -0.1) is 0 Å². The van der Waals surface area contributed by atoms with Gasteiger partial charge in [-0.1, -0.05) is 56.8 Å². The number of hydrogen-bond donors (Lipinski definition) is 1. The number of hydrogen-bond acceptors (Lipinski definition) is 3. The second kappa shape index (κ2) is 9.90. The molecule has 0 unspecified atom stereocenters. The predicted octanol–water partition coefficient (Wildman–Crippen LogP) is 5.76. The van der Waals surface area contributed by atoms with Crippen LogP contribution in [0.25, 0.3) is 6.08 Å². The van der Waals surface area contributed by atoms with Crippen molar-refractivity contribution < 1.29 is 9.53 Å². The molecule has 0 saturated heterocycles. The molecule has 144 valence electrons. The first kappa shape index (κ1) is 20.6. The number of halogens is 2. The Hall–Kier alpha value is -2.10. The van der Waals surface area contributed by atoms with Crippen LogP contribution in [0.3, 0.4) is 0 Å². The summed E-state index contributed by atoms with van der Waals surface area (Å²) in [6, 6.07) is 15.6. The van der Waals surface area contributed by atoms with Gasteiger partial charge >= 0.3 is 0 Å². The van der Waals surface area contributed by atoms with Crippen molar-refractivity contribution in [2.75, 3.05) is 0 Å². The van der Waals surface area contributed by atoms with Gasteiger partial charge in [-0.25, -0.2) is 0 Å². The third-order valence-corrected chi connectivity index (χ3v) is 5.66. The first-order valence-electron chi connectivity index (χ1n) is 9.14. The van der Waals surface area contributed by atoms with Gasteiger partial charge in [-0.3, -0.25) is 4.79 Å². The number of amides is 1. The Morgan fingerprint density at radius 2 is 1.82 bits per heavy atom. The van der Waals surface area contributed by atoms with Crippen molar-refractivity contribution in [1.29, 1.82) is 5.26 Å². The largest absolute Gasteiger partial charge is 0.488 e. The molecular formula is C22H20Br2N2O2. The third-order valence-electron chi connectivity index (χ3n) is 4.63. The van der Waals surface area contributed by atoms with Gasteiger partial charge in [0, 0.05) is 20.6 Å². The lowest BCUT2D eigenvalue weighted by molar-refractivity contribution is -0.117. The Morgan fingerprint density at radius 1 is 1.14 bits per heavy atom. The third kappa shape index (κ3) is 5.70. The predicted molar refractivity (Wildman–Crippen MR) is 117 cm³/mol. The van der Waals surface area contributed by atoms with Crippen LogP contribution in [-0.2, 0) is 11.4 Å². The van der Waals surface area contributed by atoms with Crippen LogP contribution in [0.1, 0.15) is 36.8 Å². The van der Waals surface area contributed by atoms with Crippen LogP contribution < -0.4 is 10.1 Å². The number of carbonyl (C=O) groups excluding carboxylic acids is 1. The summed E-state index contributed by atoms with van der Waals surface area (Å²) in [6.07, 6.45) is 5.78. The van der Waals surface area contributed by atoms with Crippen LogP contribution in [0.15, 0.2) is 57.0 Å². The van der Waals surface area contributed by atoms with Crippen LogP contribution in [0.2, 0.25) is 0 Å². The van der Waals surface area contributed by atoms with Crippen molar-refractivity contribution in [3.63, 3.8) is 0 Å². The second-order valence-corrected chi connectivity index (χ2v) is 8.55. The number of nitrogens with zero attached hydrogens (tertiary/aromatic N) is 1. The highest BCUT2D eigenvalue weighted by molar-refractivity contribution is 9.10. The van der Waals surface area contributed by atoms with Gasteiger partial charge in [0.15, 0.2) is 0 Å². The molecular weight excluding hydrogens is 484 g/mol. The molecule has 0 spiro atoms. The minimum absolute atomic E-state index is 0.0819. The average Bonchev–Trinajstić information content (AvgIpc) is 3.19. The quantitative estimate of drug-likeness (QED) is 0.402. The number of carbonyl (C=O) groups is 1. The van der Waals surface area contributed by atoms with Crippen LogP contribution >= 0.6 is 31.9 Å². The number of nitriles is 1. The molecule has 0 aliphatic heterocycles. The van der Waals surface area contributed by atoms with E-state index in [-0.39, 0.29) is 17.5 Å². The monoisotopic (exact) mass is 502 g/mol. The van der Waals surface area contributed by atoms with Crippen LogP contribution in [0.5, 0.6) is 5.75 Å². The zero-order chi connectivity index (χ0) is 19.9. The van der Waals surface area contributed by atoms with E-state index in [0.717, 1.165) is 40.2 Å². The molecule has 1 aliphatic rings. The number of rotatable bonds is 6. The van der Waals surface area contributed by atoms with E-state index in [0.29, 0.717) is 17.9 Å². The summed E-state index contributed by atoms with van der Waals surface area (Å²) in [6.45, 7) is 0.395. The van der Waals surface area contributed by atoms with Crippen molar-refractivity contribution >= 4 is 43.8 Å². The number of benzene rings is 2. The van der Waals surface area contributed by atoms with E-state index in [1.165, 1.54) is 0 Å². The lowest BCUT2D eigenvalue weighted by Crippen LogP contribution is -2.33. The highest BCUT2D eigenvalue weighted by Crippen LogP contribution is 2.27. The van der Waals surface area contributed by atoms with Crippen LogP contribution in [0, 0.1) is 11.3 Å². The summed E-state index contributed by atoms with van der Waals surface area (Å²) in [5, 5.41) is 12.5. The maximum Gasteiger partial charge on any atom is 0.262 e. The van der Waals surface area contributed by atoms with Gasteiger partial charge in [0.2, 0.25) is 0 Å². The Kier molecular flexibility index (Phi) is 7.30. The molecule has 2 aromatic rings. The standard InChI is InChI=1S/C22H20Br2N2O2/c23-18-7-5-15(6-8-18)14-28-21-10-9-19(24)12-16(21)11-17(13-25)22(27)26-20-3-1-2-4-20/h5-12,20H,1-4,14H2,(H,26,27)/b17-11-. The molecule has 4 nitrogen and oxygen atoms in total. The van der Waals surface area contributed by atoms with Crippen molar-refractivity contribution in [2.24, 2.45) is 0 Å². The van der Waals surface area contributed by atoms with Crippen molar-refractivity contribution in [3.8, 4) is 11.8 Å². The van der Waals surface area contributed by atoms with E-state index < -0.39 is 0 Å². The van der Waals surface area contributed by atoms with Crippen molar-refractivity contribution in [1.82, 2.24) is 5.32 Å². The molecule has 0 radical (unpaired) electrons. The lowest BCUT2D eigenvalue weighted by atomic mass is 10.1. The van der Waals surface area contributed by atoms with Crippen molar-refractivity contribution in [2.45, 2.75) is 38.3 Å². The Morgan fingerprint density at radius 3 is 2.50 bits per heavy atom. The normalized spacial score (nSPS) is 14.5. The van der Waals surface area contributed by atoms with Gasteiger partial charge in [-0.2, -0.15) is 5.26 Å². The molecule has 1 amide bonds. The smallest absolute Gasteiger partial charge is 0.262 e. The van der Waals surface area contributed by atoms with Gasteiger partial charge in [-0.05, 0) is 54.8 Å². The minimum Gasteiger partial charge on any atom is -0.488 e. The van der Waals surface area contributed by atoms with E-state index in [9.17, 15) is 10.1 Å². The van der Waals surface area contributed by atoms with E-state index in [2.05, 4.69) is 37.2 Å². The highest BCUT2D eigenvalue weighted by atomic mass is 79.9. The molecule has 6 heteroatoms. The summed E-state index contributed by atoms with van der Waals surface area (Å²) >= 11 is 6.87. The van der Waals surface area contributed by atoms with E-state index >= 15 is 0 Å². The first-order valence-corrected chi connectivity index (χ1v) is 10.7. The Balaban J connectivity index is 1.78. The Labute approximate surface area is 181 Å². The van der Waals surface area contributed by atoms with E-state index in [1.807, 2.05) is 48.5 Å². The van der Waals surface area contributed by atoms with E-state index in [4.69, 9.17) is 4.74 Å². The summed E-state index contributed by atoms with van der Waals surface area (Å²) in [4.78, 5) is 12.5. The van der Waals surface area contributed by atoms with Gasteiger partial charge in [0.25, 0.3) is 5.91 Å². The lowest BCUT2D eigenvalue weighted by Gasteiger charge is -2.12. The highest BCUT2D eigenvalue weighted by Gasteiger charge is 2.19. The molecule has 0 aromatic heterocycles. The summed E-state index contributed by atoms with van der Waals surface area (Å²) in [5.41, 5.74) is 1.80. The fourth-order valence-electron chi connectivity index (χ4n) is 3.14. The zero-order valence-corrected chi connectivity index (χ0v) is 18.4. The molecule has 2 aromatic carbocycles. The van der Waals surface area contributed by atoms with Gasteiger partial charge < -0.3 is 10.1 Å². The molecule has 1 N–H and O–H groups in total. The second-order valence-electron chi connectivity index (χ2n) is 6.72. The molecule has 1 saturated carbocycles. The van der Waals surface area contributed by atoms with Crippen molar-refractivity contribution in [3.05, 3.63) is 68.1 Å². The number of nitrogens with one attached hydrogen (secondary N) is 1. The van der Waals surface area contributed by atoms with Gasteiger partial charge in [0.1, 0.15) is 24.0 Å². The fourth-order valence-corrected chi connectivity index (χ4v) is 3.79. The minimum atomic E-state index is -0.326. The maximum atomic E-state index is 12.5. The zero-order valence-electron chi connectivity index (χ0n) is 15.3. The average molecular weight is 504 g/mol. The summed E-state index contributed by atoms with van der Waals surface area (Å²) in [5.74, 6) is 0.292. The molecule has 1 aliphatic carbocycles. The van der Waals surface area contributed by atoms with E-state index in [1.54, 1.807) is 6.08 Å². The maximum absolute atomic E-state index is 12.5. The summed E-state index contributed by atoms with van der Waals surface area (Å²) < 4.78 is 7.81. The molecule has 28 heavy (non-hydrogen) atoms. The summed E-state index contributed by atoms with van der Waals surface area (Å²) in [7, 11) is 0. The fraction of sp³-hybridized carbons (Fsp3) is 0.273. The van der Waals surface area contributed by atoms with Gasteiger partial charge in [0.05, 0.1) is 0 Å². The number of ether oxygens (including phenoxy) is 1. The Bertz CT molecular complexity index is 911.